The fourth-order valence-electron chi connectivity index (χ4n) is 2.89. The van der Waals surface area contributed by atoms with Crippen molar-refractivity contribution in [2.24, 2.45) is 0 Å². The Hall–Kier alpha value is -1.06. The summed E-state index contributed by atoms with van der Waals surface area (Å²) in [6.45, 7) is 2.36. The molecule has 140 valence electrons. The smallest absolute Gasteiger partial charge is 0.111 e. The summed E-state index contributed by atoms with van der Waals surface area (Å²) >= 11 is 0. The van der Waals surface area contributed by atoms with Gasteiger partial charge in [0.2, 0.25) is 0 Å². The summed E-state index contributed by atoms with van der Waals surface area (Å²) in [4.78, 5) is 0. The van der Waals surface area contributed by atoms with Crippen molar-refractivity contribution in [2.75, 3.05) is 6.61 Å². The molecule has 0 aliphatic carbocycles. The molecule has 5 atom stereocenters. The Kier molecular flexibility index (Phi) is 8.79. The van der Waals surface area contributed by atoms with Crippen LogP contribution in [0.5, 0.6) is 0 Å². The fraction of sp³-hybridized carbons (Fsp3) is 0.875. The van der Waals surface area contributed by atoms with E-state index in [-0.39, 0.29) is 14.0 Å². The van der Waals surface area contributed by atoms with Gasteiger partial charge in [-0.3, -0.25) is 4.68 Å². The molecule has 4 N–H and O–H groups in total. The van der Waals surface area contributed by atoms with Crippen LogP contribution in [-0.2, 0) is 11.3 Å². The first kappa shape index (κ1) is 21.0. The van der Waals surface area contributed by atoms with Gasteiger partial charge in [-0.25, -0.2) is 0 Å². The van der Waals surface area contributed by atoms with Crippen molar-refractivity contribution in [3.05, 3.63) is 11.9 Å². The van der Waals surface area contributed by atoms with E-state index in [0.29, 0.717) is 6.42 Å². The normalized spacial score (nSPS) is 30.1. The molecule has 2 rings (SSSR count). The highest BCUT2D eigenvalue weighted by Gasteiger charge is 2.42. The molecule has 0 spiro atoms. The summed E-state index contributed by atoms with van der Waals surface area (Å²) in [6.07, 6.45) is 1.30. The summed E-state index contributed by atoms with van der Waals surface area (Å²) in [5.41, 5.74) is 0.910. The van der Waals surface area contributed by atoms with Crippen molar-refractivity contribution in [3.8, 4) is 0 Å². The van der Waals surface area contributed by atoms with Crippen molar-refractivity contribution in [2.45, 2.75) is 83.5 Å². The largest absolute Gasteiger partial charge is 0.394 e. The zero-order chi connectivity index (χ0) is 16.8. The van der Waals surface area contributed by atoms with E-state index in [0.717, 1.165) is 37.9 Å². The minimum atomic E-state index is -1.28. The third-order valence-corrected chi connectivity index (χ3v) is 4.27. The molecule has 2 heterocycles. The Morgan fingerprint density at radius 1 is 1.04 bits per heavy atom. The van der Waals surface area contributed by atoms with Crippen LogP contribution in [0.2, 0.25) is 0 Å². The first-order chi connectivity index (χ1) is 11.0. The predicted octanol–water partition coefficient (Wildman–Crippen LogP) is 0.0155. The maximum Gasteiger partial charge on any atom is 0.111 e. The van der Waals surface area contributed by atoms with Gasteiger partial charge in [-0.15, -0.1) is 5.10 Å². The van der Waals surface area contributed by atoms with Gasteiger partial charge in [0, 0.05) is 12.7 Å². The van der Waals surface area contributed by atoms with Gasteiger partial charge >= 0.3 is 0 Å². The first-order valence-electron chi connectivity index (χ1n) is 8.20. The number of aryl methyl sites for hydroxylation is 2. The summed E-state index contributed by atoms with van der Waals surface area (Å²) in [5, 5.41) is 46.5. The predicted molar refractivity (Wildman–Crippen MR) is 88.3 cm³/mol. The molecule has 0 aromatic carbocycles. The summed E-state index contributed by atoms with van der Waals surface area (Å²) in [6, 6.07) is 0. The summed E-state index contributed by atoms with van der Waals surface area (Å²) in [7, 11) is 0. The lowest BCUT2D eigenvalue weighted by molar-refractivity contribution is -0.230. The van der Waals surface area contributed by atoms with Crippen LogP contribution in [0.4, 0.5) is 0 Å². The standard InChI is InChI=1S/C15H27N3O5.CH4/c1-10-8-18(17-16-10)7-5-3-2-4-6-11-13(20)15(22)14(21)12(9-19)23-11;/h8,11-15,19-22H,2-7,9H2,1H3;1H4. The quantitative estimate of drug-likeness (QED) is 0.490. The fourth-order valence-corrected chi connectivity index (χ4v) is 2.89. The average molecular weight is 345 g/mol. The molecule has 0 radical (unpaired) electrons. The van der Waals surface area contributed by atoms with E-state index >= 15 is 0 Å². The van der Waals surface area contributed by atoms with Gasteiger partial charge in [-0.2, -0.15) is 0 Å². The Morgan fingerprint density at radius 3 is 2.33 bits per heavy atom. The molecular weight excluding hydrogens is 314 g/mol. The van der Waals surface area contributed by atoms with Crippen LogP contribution in [0.3, 0.4) is 0 Å². The van der Waals surface area contributed by atoms with Gasteiger partial charge in [0.15, 0.2) is 0 Å². The maximum absolute atomic E-state index is 9.94. The molecule has 0 amide bonds. The highest BCUT2D eigenvalue weighted by molar-refractivity contribution is 4.91. The van der Waals surface area contributed by atoms with Crippen LogP contribution < -0.4 is 0 Å². The van der Waals surface area contributed by atoms with E-state index < -0.39 is 30.5 Å². The van der Waals surface area contributed by atoms with Gasteiger partial charge in [0.05, 0.1) is 18.4 Å². The topological polar surface area (TPSA) is 121 Å². The lowest BCUT2D eigenvalue weighted by atomic mass is 9.92. The van der Waals surface area contributed by atoms with Crippen LogP contribution >= 0.6 is 0 Å². The molecule has 8 heteroatoms. The van der Waals surface area contributed by atoms with Crippen molar-refractivity contribution in [1.29, 1.82) is 0 Å². The van der Waals surface area contributed by atoms with E-state index in [1.165, 1.54) is 0 Å². The molecule has 1 aliphatic heterocycles. The number of unbranched alkanes of at least 4 members (excludes halogenated alkanes) is 3. The number of ether oxygens (including phenoxy) is 1. The highest BCUT2D eigenvalue weighted by atomic mass is 16.5. The molecule has 0 bridgehead atoms. The molecule has 1 aromatic heterocycles. The van der Waals surface area contributed by atoms with Gasteiger partial charge in [0.1, 0.15) is 24.4 Å². The molecule has 8 nitrogen and oxygen atoms in total. The van der Waals surface area contributed by atoms with Crippen LogP contribution in [0, 0.1) is 6.92 Å². The van der Waals surface area contributed by atoms with E-state index in [9.17, 15) is 15.3 Å². The molecule has 5 unspecified atom stereocenters. The Labute approximate surface area is 143 Å². The Morgan fingerprint density at radius 2 is 1.71 bits per heavy atom. The van der Waals surface area contributed by atoms with Crippen molar-refractivity contribution in [3.63, 3.8) is 0 Å². The third kappa shape index (κ3) is 5.49. The first-order valence-corrected chi connectivity index (χ1v) is 8.20. The number of aromatic nitrogens is 3. The Balaban J connectivity index is 0.00000288. The van der Waals surface area contributed by atoms with E-state index in [1.54, 1.807) is 0 Å². The number of hydrogen-bond acceptors (Lipinski definition) is 7. The third-order valence-electron chi connectivity index (χ3n) is 4.27. The zero-order valence-corrected chi connectivity index (χ0v) is 13.5. The second kappa shape index (κ2) is 10.0. The molecule has 1 fully saturated rings. The van der Waals surface area contributed by atoms with Crippen molar-refractivity contribution in [1.82, 2.24) is 15.0 Å². The zero-order valence-electron chi connectivity index (χ0n) is 13.5. The molecular formula is C16H31N3O5. The second-order valence-electron chi connectivity index (χ2n) is 6.19. The maximum atomic E-state index is 9.94. The van der Waals surface area contributed by atoms with Gasteiger partial charge in [0.25, 0.3) is 0 Å². The van der Waals surface area contributed by atoms with E-state index in [2.05, 4.69) is 10.3 Å². The molecule has 24 heavy (non-hydrogen) atoms. The lowest BCUT2D eigenvalue weighted by Gasteiger charge is -2.40. The van der Waals surface area contributed by atoms with Crippen LogP contribution in [0.25, 0.3) is 0 Å². The Bertz CT molecular complexity index is 468. The van der Waals surface area contributed by atoms with Gasteiger partial charge in [-0.05, 0) is 19.8 Å². The number of aliphatic hydroxyl groups is 4. The monoisotopic (exact) mass is 345 g/mol. The lowest BCUT2D eigenvalue weighted by Crippen LogP contribution is -2.58. The number of nitrogens with zero attached hydrogens (tertiary/aromatic N) is 3. The second-order valence-corrected chi connectivity index (χ2v) is 6.19. The minimum absolute atomic E-state index is 0. The highest BCUT2D eigenvalue weighted by Crippen LogP contribution is 2.24. The summed E-state index contributed by atoms with van der Waals surface area (Å²) < 4.78 is 7.30. The van der Waals surface area contributed by atoms with E-state index in [1.807, 2.05) is 17.8 Å². The average Bonchev–Trinajstić information content (AvgIpc) is 2.95. The van der Waals surface area contributed by atoms with Crippen LogP contribution in [-0.4, -0.2) is 72.5 Å². The summed E-state index contributed by atoms with van der Waals surface area (Å²) in [5.74, 6) is 0. The van der Waals surface area contributed by atoms with Gasteiger partial charge in [-0.1, -0.05) is 31.9 Å². The van der Waals surface area contributed by atoms with Crippen molar-refractivity contribution < 1.29 is 25.2 Å². The number of rotatable bonds is 8. The van der Waals surface area contributed by atoms with Crippen molar-refractivity contribution >= 4 is 0 Å². The van der Waals surface area contributed by atoms with E-state index in [4.69, 9.17) is 9.84 Å². The number of hydrogen-bond donors (Lipinski definition) is 4. The van der Waals surface area contributed by atoms with Crippen LogP contribution in [0.15, 0.2) is 6.20 Å². The molecule has 1 aliphatic rings. The van der Waals surface area contributed by atoms with Crippen LogP contribution in [0.1, 0.15) is 45.2 Å². The molecule has 1 aromatic rings. The molecule has 1 saturated heterocycles. The number of aliphatic hydroxyl groups excluding tert-OH is 4. The SMILES string of the molecule is C.Cc1cn(CCCCCCC2OC(CO)C(O)C(O)C2O)nn1. The molecule has 0 saturated carbocycles. The van der Waals surface area contributed by atoms with Gasteiger partial charge < -0.3 is 25.2 Å². The minimum Gasteiger partial charge on any atom is -0.394 e.